The predicted molar refractivity (Wildman–Crippen MR) is 92.1 cm³/mol. The molecule has 0 unspecified atom stereocenters. The number of aromatic nitrogens is 1. The number of hydrogen-bond donors (Lipinski definition) is 2. The highest BCUT2D eigenvalue weighted by Gasteiger charge is 2.34. The molecule has 0 atom stereocenters. The van der Waals surface area contributed by atoms with Crippen molar-refractivity contribution in [2.75, 3.05) is 0 Å². The number of halogens is 3. The number of hydrazine groups is 1. The Bertz CT molecular complexity index is 966. The monoisotopic (exact) mass is 373 g/mol. The maximum atomic E-state index is 13.0. The van der Waals surface area contributed by atoms with Crippen LogP contribution >= 0.6 is 0 Å². The highest BCUT2D eigenvalue weighted by Crippen LogP contribution is 2.31. The van der Waals surface area contributed by atoms with E-state index in [2.05, 4.69) is 5.43 Å². The van der Waals surface area contributed by atoms with E-state index in [-0.39, 0.29) is 5.56 Å². The minimum absolute atomic E-state index is 0.248. The topological polar surface area (TPSA) is 63.1 Å². The number of nitrogens with one attached hydrogen (secondary N) is 2. The summed E-state index contributed by atoms with van der Waals surface area (Å²) >= 11 is 0. The fraction of sp³-hybridized carbons (Fsp3) is 0.0526. The van der Waals surface area contributed by atoms with Gasteiger partial charge in [-0.3, -0.25) is 20.4 Å². The third kappa shape index (κ3) is 4.00. The molecule has 1 aromatic heterocycles. The van der Waals surface area contributed by atoms with Crippen LogP contribution in [0, 0.1) is 0 Å². The minimum atomic E-state index is -4.68. The van der Waals surface area contributed by atoms with E-state index in [4.69, 9.17) is 0 Å². The van der Waals surface area contributed by atoms with Crippen molar-refractivity contribution in [1.82, 2.24) is 15.4 Å². The summed E-state index contributed by atoms with van der Waals surface area (Å²) in [5, 5.41) is 0. The molecule has 0 aliphatic heterocycles. The third-order valence-corrected chi connectivity index (χ3v) is 3.80. The molecule has 8 heteroatoms. The van der Waals surface area contributed by atoms with E-state index < -0.39 is 29.1 Å². The molecule has 138 valence electrons. The average Bonchev–Trinajstić information content (AvgIpc) is 3.20. The molecule has 3 rings (SSSR count). The Hall–Kier alpha value is -3.55. The number of carbonyl (C=O) groups excluding carboxylic acids is 2. The molecule has 2 aromatic carbocycles. The van der Waals surface area contributed by atoms with Gasteiger partial charge < -0.3 is 4.57 Å². The molecule has 0 saturated carbocycles. The molecule has 0 radical (unpaired) electrons. The van der Waals surface area contributed by atoms with Gasteiger partial charge in [0.05, 0.1) is 22.4 Å². The molecule has 0 bridgehead atoms. The van der Waals surface area contributed by atoms with Gasteiger partial charge in [0.25, 0.3) is 11.8 Å². The van der Waals surface area contributed by atoms with E-state index in [1.807, 2.05) is 5.43 Å². The number of nitrogens with zero attached hydrogens (tertiary/aromatic N) is 1. The Morgan fingerprint density at radius 1 is 0.741 bits per heavy atom. The Kier molecular flexibility index (Phi) is 4.98. The summed E-state index contributed by atoms with van der Waals surface area (Å²) in [6, 6.07) is 14.5. The smallest absolute Gasteiger partial charge is 0.323 e. The summed E-state index contributed by atoms with van der Waals surface area (Å²) in [7, 11) is 0. The van der Waals surface area contributed by atoms with E-state index >= 15 is 0 Å². The van der Waals surface area contributed by atoms with Crippen molar-refractivity contribution in [3.05, 3.63) is 89.7 Å². The van der Waals surface area contributed by atoms with Crippen LogP contribution in [0.5, 0.6) is 0 Å². The minimum Gasteiger partial charge on any atom is -0.323 e. The van der Waals surface area contributed by atoms with Crippen LogP contribution in [0.2, 0.25) is 0 Å². The van der Waals surface area contributed by atoms with Crippen molar-refractivity contribution in [3.63, 3.8) is 0 Å². The summed E-state index contributed by atoms with van der Waals surface area (Å²) in [5.41, 5.74) is 3.34. The summed E-state index contributed by atoms with van der Waals surface area (Å²) in [6.07, 6.45) is -1.20. The van der Waals surface area contributed by atoms with Gasteiger partial charge in [0.15, 0.2) is 0 Å². The van der Waals surface area contributed by atoms with Crippen LogP contribution in [-0.2, 0) is 6.18 Å². The van der Waals surface area contributed by atoms with Crippen molar-refractivity contribution < 1.29 is 22.8 Å². The first kappa shape index (κ1) is 18.2. The van der Waals surface area contributed by atoms with Crippen molar-refractivity contribution in [2.24, 2.45) is 0 Å². The van der Waals surface area contributed by atoms with E-state index in [0.29, 0.717) is 5.69 Å². The van der Waals surface area contributed by atoms with Crippen LogP contribution in [0.3, 0.4) is 0 Å². The normalized spacial score (nSPS) is 11.1. The Morgan fingerprint density at radius 2 is 1.26 bits per heavy atom. The van der Waals surface area contributed by atoms with Gasteiger partial charge in [0, 0.05) is 12.4 Å². The Labute approximate surface area is 152 Å². The van der Waals surface area contributed by atoms with Gasteiger partial charge in [-0.1, -0.05) is 24.3 Å². The molecule has 0 aliphatic carbocycles. The van der Waals surface area contributed by atoms with Crippen LogP contribution in [0.25, 0.3) is 5.69 Å². The lowest BCUT2D eigenvalue weighted by Crippen LogP contribution is -2.42. The second-order valence-electron chi connectivity index (χ2n) is 5.56. The Morgan fingerprint density at radius 3 is 1.89 bits per heavy atom. The van der Waals surface area contributed by atoms with Crippen molar-refractivity contribution >= 4 is 11.8 Å². The fourth-order valence-electron chi connectivity index (χ4n) is 2.56. The van der Waals surface area contributed by atoms with Gasteiger partial charge >= 0.3 is 6.18 Å². The van der Waals surface area contributed by atoms with Gasteiger partial charge in [-0.05, 0) is 36.4 Å². The quantitative estimate of drug-likeness (QED) is 0.690. The first-order valence-electron chi connectivity index (χ1n) is 7.87. The Balaban J connectivity index is 1.77. The molecular weight excluding hydrogens is 359 g/mol. The standard InChI is InChI=1S/C19H14F3N3O2/c20-19(21,22)15-9-3-1-7-13(15)17(26)23-24-18(27)14-8-2-4-10-16(14)25-11-5-6-12-25/h1-12H,(H,23,26)(H,24,27). The number of hydrogen-bond acceptors (Lipinski definition) is 2. The molecule has 0 aliphatic rings. The van der Waals surface area contributed by atoms with E-state index in [1.165, 1.54) is 12.1 Å². The number of rotatable bonds is 3. The van der Waals surface area contributed by atoms with E-state index in [0.717, 1.165) is 12.1 Å². The van der Waals surface area contributed by atoms with Crippen molar-refractivity contribution in [3.8, 4) is 5.69 Å². The molecular formula is C19H14F3N3O2. The summed E-state index contributed by atoms with van der Waals surface area (Å²) < 4.78 is 40.7. The molecule has 0 fully saturated rings. The van der Waals surface area contributed by atoms with Gasteiger partial charge in [0.2, 0.25) is 0 Å². The molecule has 3 aromatic rings. The molecule has 0 saturated heterocycles. The van der Waals surface area contributed by atoms with Crippen molar-refractivity contribution in [1.29, 1.82) is 0 Å². The molecule has 5 nitrogen and oxygen atoms in total. The molecule has 27 heavy (non-hydrogen) atoms. The molecule has 2 N–H and O–H groups in total. The molecule has 2 amide bonds. The van der Waals surface area contributed by atoms with Crippen LogP contribution in [0.1, 0.15) is 26.3 Å². The molecule has 1 heterocycles. The number of benzene rings is 2. The number of alkyl halides is 3. The van der Waals surface area contributed by atoms with E-state index in [1.54, 1.807) is 53.4 Å². The van der Waals surface area contributed by atoms with Gasteiger partial charge in [0.1, 0.15) is 0 Å². The second kappa shape index (κ2) is 7.36. The first-order chi connectivity index (χ1) is 12.9. The van der Waals surface area contributed by atoms with Crippen LogP contribution in [0.15, 0.2) is 73.1 Å². The number of para-hydroxylation sites is 1. The zero-order valence-corrected chi connectivity index (χ0v) is 13.8. The van der Waals surface area contributed by atoms with Crippen molar-refractivity contribution in [2.45, 2.75) is 6.18 Å². The van der Waals surface area contributed by atoms with Gasteiger partial charge in [-0.25, -0.2) is 0 Å². The highest BCUT2D eigenvalue weighted by molar-refractivity contribution is 6.01. The maximum absolute atomic E-state index is 13.0. The predicted octanol–water partition coefficient (Wildman–Crippen LogP) is 3.57. The lowest BCUT2D eigenvalue weighted by molar-refractivity contribution is -0.137. The van der Waals surface area contributed by atoms with Crippen LogP contribution < -0.4 is 10.9 Å². The number of carbonyl (C=O) groups is 2. The number of amides is 2. The lowest BCUT2D eigenvalue weighted by atomic mass is 10.1. The fourth-order valence-corrected chi connectivity index (χ4v) is 2.56. The van der Waals surface area contributed by atoms with Crippen LogP contribution in [0.4, 0.5) is 13.2 Å². The van der Waals surface area contributed by atoms with E-state index in [9.17, 15) is 22.8 Å². The zero-order valence-electron chi connectivity index (χ0n) is 13.8. The van der Waals surface area contributed by atoms with Gasteiger partial charge in [-0.2, -0.15) is 13.2 Å². The zero-order chi connectivity index (χ0) is 19.4. The largest absolute Gasteiger partial charge is 0.417 e. The summed E-state index contributed by atoms with van der Waals surface area (Å²) in [5.74, 6) is -1.72. The maximum Gasteiger partial charge on any atom is 0.417 e. The summed E-state index contributed by atoms with van der Waals surface area (Å²) in [6.45, 7) is 0. The first-order valence-corrected chi connectivity index (χ1v) is 7.87. The molecule has 0 spiro atoms. The second-order valence-corrected chi connectivity index (χ2v) is 5.56. The SMILES string of the molecule is O=C(NNC(=O)c1ccccc1C(F)(F)F)c1ccccc1-n1cccc1. The highest BCUT2D eigenvalue weighted by atomic mass is 19.4. The van der Waals surface area contributed by atoms with Crippen LogP contribution in [-0.4, -0.2) is 16.4 Å². The van der Waals surface area contributed by atoms with Gasteiger partial charge in [-0.15, -0.1) is 0 Å². The average molecular weight is 373 g/mol. The third-order valence-electron chi connectivity index (χ3n) is 3.80. The summed E-state index contributed by atoms with van der Waals surface area (Å²) in [4.78, 5) is 24.5. The lowest BCUT2D eigenvalue weighted by Gasteiger charge is -2.14.